The summed E-state index contributed by atoms with van der Waals surface area (Å²) in [5, 5.41) is 23.7. The number of hydrogen-bond acceptors (Lipinski definition) is 8. The summed E-state index contributed by atoms with van der Waals surface area (Å²) < 4.78 is 0. The van der Waals surface area contributed by atoms with Gasteiger partial charge in [-0.1, -0.05) is 49.2 Å². The van der Waals surface area contributed by atoms with Crippen LogP contribution in [0.25, 0.3) is 12.2 Å². The Hall–Kier alpha value is -1.24. The number of halogens is 5. The molecule has 13 heteroatoms. The third-order valence-corrected chi connectivity index (χ3v) is 11.7. The van der Waals surface area contributed by atoms with Gasteiger partial charge in [-0.15, -0.1) is 62.0 Å². The first-order valence-electron chi connectivity index (χ1n) is 20.1. The topological polar surface area (TPSA) is 82.5 Å². The highest BCUT2D eigenvalue weighted by atomic mass is 35.5. The molecule has 5 saturated heterocycles. The number of piperidine rings is 5. The summed E-state index contributed by atoms with van der Waals surface area (Å²) in [4.78, 5) is 24.2. The minimum atomic E-state index is -0.174. The van der Waals surface area contributed by atoms with Crippen LogP contribution in [0, 0.1) is 0 Å². The zero-order valence-corrected chi connectivity index (χ0v) is 37.0. The van der Waals surface area contributed by atoms with Crippen LogP contribution in [0.1, 0.15) is 97.6 Å². The molecule has 5 fully saturated rings. The second-order valence-electron chi connectivity index (χ2n) is 16.1. The summed E-state index contributed by atoms with van der Waals surface area (Å²) in [6.07, 6.45) is 15.0. The van der Waals surface area contributed by atoms with Crippen LogP contribution in [0.5, 0.6) is 0 Å². The van der Waals surface area contributed by atoms with Gasteiger partial charge in [0, 0.05) is 76.6 Å². The maximum absolute atomic E-state index is 14.1. The second-order valence-corrected chi connectivity index (χ2v) is 16.1. The number of likely N-dealkylation sites (tertiary alicyclic amines) is 4. The van der Waals surface area contributed by atoms with Crippen molar-refractivity contribution < 1.29 is 15.0 Å². The van der Waals surface area contributed by atoms with E-state index in [0.29, 0.717) is 13.1 Å². The number of ketones is 1. The zero-order chi connectivity index (χ0) is 35.0. The van der Waals surface area contributed by atoms with Gasteiger partial charge in [-0.2, -0.15) is 0 Å². The third kappa shape index (κ3) is 15.1. The van der Waals surface area contributed by atoms with E-state index in [2.05, 4.69) is 73.5 Å². The van der Waals surface area contributed by atoms with Gasteiger partial charge < -0.3 is 15.5 Å². The number of nitrogens with one attached hydrogen (secondary N) is 1. The van der Waals surface area contributed by atoms with Crippen molar-refractivity contribution in [1.82, 2.24) is 24.9 Å². The maximum Gasteiger partial charge on any atom is 0.187 e. The lowest BCUT2D eigenvalue weighted by atomic mass is 9.93. The Balaban J connectivity index is 0.00000217. The Bertz CT molecular complexity index is 1440. The van der Waals surface area contributed by atoms with Crippen LogP contribution >= 0.6 is 62.0 Å². The Morgan fingerprint density at radius 3 is 1.11 bits per heavy atom. The Morgan fingerprint density at radius 2 is 0.786 bits per heavy atom. The molecule has 8 nitrogen and oxygen atoms in total. The van der Waals surface area contributed by atoms with E-state index in [9.17, 15) is 15.0 Å². The summed E-state index contributed by atoms with van der Waals surface area (Å²) in [5.74, 6) is 0.148. The maximum atomic E-state index is 14.1. The van der Waals surface area contributed by atoms with Crippen LogP contribution in [-0.4, -0.2) is 113 Å². The molecule has 0 unspecified atom stereocenters. The van der Waals surface area contributed by atoms with E-state index in [1.54, 1.807) is 0 Å². The van der Waals surface area contributed by atoms with Gasteiger partial charge in [0.05, 0.1) is 12.2 Å². The zero-order valence-electron chi connectivity index (χ0n) is 32.9. The molecule has 5 aliphatic rings. The average molecular weight is 878 g/mol. The first kappa shape index (κ1) is 50.9. The highest BCUT2D eigenvalue weighted by molar-refractivity contribution is 6.14. The number of aliphatic hydroxyl groups is 2. The normalized spacial score (nSPS) is 22.4. The predicted octanol–water partition coefficient (Wildman–Crippen LogP) is 7.32. The highest BCUT2D eigenvalue weighted by Gasteiger charge is 2.23. The van der Waals surface area contributed by atoms with Crippen LogP contribution in [-0.2, 0) is 31.0 Å². The average Bonchev–Trinajstić information content (AvgIpc) is 3.13. The summed E-state index contributed by atoms with van der Waals surface area (Å²) in [6.45, 7) is 13.1. The quantitative estimate of drug-likeness (QED) is 0.215. The largest absolute Gasteiger partial charge is 0.393 e. The molecule has 0 atom stereocenters. The van der Waals surface area contributed by atoms with Gasteiger partial charge >= 0.3 is 0 Å². The Kier molecular flexibility index (Phi) is 23.1. The number of carbonyl (C=O) groups is 1. The minimum absolute atomic E-state index is 0. The Morgan fingerprint density at radius 1 is 0.482 bits per heavy atom. The summed E-state index contributed by atoms with van der Waals surface area (Å²) in [6, 6.07) is 13.9. The Labute approximate surface area is 366 Å². The first-order chi connectivity index (χ1) is 24.9. The van der Waals surface area contributed by atoms with Crippen molar-refractivity contribution >= 4 is 80.0 Å². The van der Waals surface area contributed by atoms with Crippen molar-refractivity contribution in [2.75, 3.05) is 65.4 Å². The second kappa shape index (κ2) is 25.4. The van der Waals surface area contributed by atoms with Crippen molar-refractivity contribution in [2.45, 2.75) is 103 Å². The molecular formula is C43H66Cl5N5O3. The monoisotopic (exact) mass is 875 g/mol. The fourth-order valence-corrected chi connectivity index (χ4v) is 8.87. The molecule has 0 spiro atoms. The predicted molar refractivity (Wildman–Crippen MR) is 242 cm³/mol. The van der Waals surface area contributed by atoms with E-state index >= 15 is 0 Å². The van der Waals surface area contributed by atoms with Gasteiger partial charge in [-0.3, -0.25) is 24.4 Å². The van der Waals surface area contributed by atoms with Gasteiger partial charge in [0.2, 0.25) is 0 Å². The SMILES string of the molecule is Cl.Cl.Cl.Cl.Cl.O=C1C(=Cc2cc(CN3CCCCC3)cc(CN3CCC(O)CC3)c2)CNCC1=Cc1cc(CN2CCCCC2)cc(CN2CCC(O)CC2)c1. The molecule has 56 heavy (non-hydrogen) atoms. The van der Waals surface area contributed by atoms with E-state index in [1.165, 1.54) is 60.8 Å². The van der Waals surface area contributed by atoms with E-state index in [-0.39, 0.29) is 80.0 Å². The molecule has 2 aromatic carbocycles. The van der Waals surface area contributed by atoms with Crippen LogP contribution in [0.15, 0.2) is 47.5 Å². The van der Waals surface area contributed by atoms with E-state index in [0.717, 1.165) is 126 Å². The molecule has 316 valence electrons. The number of aliphatic hydroxyl groups excluding tert-OH is 2. The fraction of sp³-hybridized carbons (Fsp3) is 0.605. The number of Topliss-reactive ketones (excluding diaryl/α,β-unsaturated/α-hetero) is 1. The summed E-state index contributed by atoms with van der Waals surface area (Å²) in [7, 11) is 0. The number of rotatable bonds is 10. The third-order valence-electron chi connectivity index (χ3n) is 11.7. The molecule has 0 saturated carbocycles. The summed E-state index contributed by atoms with van der Waals surface area (Å²) in [5.41, 5.74) is 9.11. The first-order valence-corrected chi connectivity index (χ1v) is 20.1. The van der Waals surface area contributed by atoms with Crippen LogP contribution in [0.3, 0.4) is 0 Å². The van der Waals surface area contributed by atoms with Gasteiger partial charge in [0.1, 0.15) is 0 Å². The fourth-order valence-electron chi connectivity index (χ4n) is 8.87. The molecule has 3 N–H and O–H groups in total. The molecule has 0 bridgehead atoms. The van der Waals surface area contributed by atoms with Crippen molar-refractivity contribution in [2.24, 2.45) is 0 Å². The smallest absolute Gasteiger partial charge is 0.187 e. The van der Waals surface area contributed by atoms with Crippen molar-refractivity contribution in [3.8, 4) is 0 Å². The molecule has 5 heterocycles. The van der Waals surface area contributed by atoms with Crippen molar-refractivity contribution in [3.05, 3.63) is 80.9 Å². The standard InChI is InChI=1S/C43H61N5O3.5ClH/c49-41-7-15-47(16-8-41)31-37-21-33(19-35(23-37)29-45-11-3-1-4-12-45)25-39-27-44-28-40(43(39)51)26-34-20-36(30-46-13-5-2-6-14-46)24-38(22-34)32-48-17-9-42(50)10-18-48;;;;;/h19-26,41-42,44,49-50H,1-18,27-32H2;5*1H. The molecule has 5 aliphatic heterocycles. The lowest BCUT2D eigenvalue weighted by Gasteiger charge is -2.30. The molecule has 7 rings (SSSR count). The lowest BCUT2D eigenvalue weighted by Crippen LogP contribution is -2.35. The minimum Gasteiger partial charge on any atom is -0.393 e. The van der Waals surface area contributed by atoms with Gasteiger partial charge in [-0.05, 0) is 123 Å². The van der Waals surface area contributed by atoms with Crippen LogP contribution in [0.2, 0.25) is 0 Å². The molecular weight excluding hydrogens is 812 g/mol. The molecule has 0 aliphatic carbocycles. The van der Waals surface area contributed by atoms with Crippen LogP contribution in [0.4, 0.5) is 0 Å². The van der Waals surface area contributed by atoms with E-state index in [1.807, 2.05) is 0 Å². The molecule has 0 amide bonds. The number of carbonyl (C=O) groups excluding carboxylic acids is 1. The number of benzene rings is 2. The van der Waals surface area contributed by atoms with Gasteiger partial charge in [0.15, 0.2) is 5.78 Å². The van der Waals surface area contributed by atoms with E-state index in [4.69, 9.17) is 0 Å². The number of nitrogens with zero attached hydrogens (tertiary/aromatic N) is 4. The molecule has 0 radical (unpaired) electrons. The highest BCUT2D eigenvalue weighted by Crippen LogP contribution is 2.25. The number of hydrogen-bond donors (Lipinski definition) is 3. The van der Waals surface area contributed by atoms with Gasteiger partial charge in [0.25, 0.3) is 0 Å². The van der Waals surface area contributed by atoms with Crippen molar-refractivity contribution in [3.63, 3.8) is 0 Å². The van der Waals surface area contributed by atoms with Crippen molar-refractivity contribution in [1.29, 1.82) is 0 Å². The van der Waals surface area contributed by atoms with Gasteiger partial charge in [-0.25, -0.2) is 0 Å². The van der Waals surface area contributed by atoms with E-state index < -0.39 is 0 Å². The summed E-state index contributed by atoms with van der Waals surface area (Å²) >= 11 is 0. The molecule has 2 aromatic rings. The molecule has 0 aromatic heterocycles. The van der Waals surface area contributed by atoms with Crippen LogP contribution < -0.4 is 5.32 Å². The lowest BCUT2D eigenvalue weighted by molar-refractivity contribution is -0.112.